The van der Waals surface area contributed by atoms with Crippen LogP contribution in [0.5, 0.6) is 0 Å². The van der Waals surface area contributed by atoms with E-state index in [0.717, 1.165) is 38.6 Å². The zero-order valence-electron chi connectivity index (χ0n) is 13.6. The number of nitrogens with zero attached hydrogens (tertiary/aromatic N) is 2. The lowest BCUT2D eigenvalue weighted by Crippen LogP contribution is -2.46. The summed E-state index contributed by atoms with van der Waals surface area (Å²) >= 11 is 0. The number of carbonyl (C=O) groups is 1. The Morgan fingerprint density at radius 3 is 2.86 bits per heavy atom. The average Bonchev–Trinajstić information content (AvgIpc) is 2.90. The van der Waals surface area contributed by atoms with Crippen LogP contribution in [0.2, 0.25) is 0 Å². The summed E-state index contributed by atoms with van der Waals surface area (Å²) in [5.41, 5.74) is -0.458. The summed E-state index contributed by atoms with van der Waals surface area (Å²) in [6, 6.07) is 0.570. The molecule has 2 atom stereocenters. The largest absolute Gasteiger partial charge is 0.444 e. The van der Waals surface area contributed by atoms with E-state index in [-0.39, 0.29) is 12.1 Å². The van der Waals surface area contributed by atoms with E-state index >= 15 is 0 Å². The maximum atomic E-state index is 11.8. The summed E-state index contributed by atoms with van der Waals surface area (Å²) in [4.78, 5) is 15.8. The van der Waals surface area contributed by atoms with E-state index in [1.54, 1.807) is 0 Å². The van der Waals surface area contributed by atoms with Gasteiger partial charge in [0, 0.05) is 25.0 Å². The molecule has 7 nitrogen and oxygen atoms in total. The Balaban J connectivity index is 1.68. The Morgan fingerprint density at radius 1 is 1.41 bits per heavy atom. The molecular weight excluding hydrogens is 284 g/mol. The Bertz CT molecular complexity index is 456. The Hall–Kier alpha value is -1.63. The molecule has 2 rings (SSSR count). The monoisotopic (exact) mass is 310 g/mol. The summed E-state index contributed by atoms with van der Waals surface area (Å²) in [5, 5.41) is 10.0. The molecule has 0 radical (unpaired) electrons. The van der Waals surface area contributed by atoms with Gasteiger partial charge in [-0.3, -0.25) is 0 Å². The number of rotatable bonds is 5. The highest BCUT2D eigenvalue weighted by atomic mass is 16.6. The van der Waals surface area contributed by atoms with Gasteiger partial charge in [-0.15, -0.1) is 0 Å². The van der Waals surface area contributed by atoms with Gasteiger partial charge in [0.15, 0.2) is 6.33 Å². The molecule has 7 heteroatoms. The molecule has 0 spiro atoms. The van der Waals surface area contributed by atoms with Crippen molar-refractivity contribution in [2.75, 3.05) is 6.54 Å². The smallest absolute Gasteiger partial charge is 0.407 e. The van der Waals surface area contributed by atoms with Crippen LogP contribution in [0.25, 0.3) is 0 Å². The molecule has 1 heterocycles. The SMILES string of the molecule is CC(C)(C)OC(=O)NC1CCCC(NCCc2ncno2)C1. The molecule has 124 valence electrons. The molecule has 22 heavy (non-hydrogen) atoms. The first-order chi connectivity index (χ1) is 10.4. The van der Waals surface area contributed by atoms with Crippen molar-refractivity contribution in [3.8, 4) is 0 Å². The maximum Gasteiger partial charge on any atom is 0.407 e. The molecule has 2 N–H and O–H groups in total. The molecule has 1 fully saturated rings. The van der Waals surface area contributed by atoms with Gasteiger partial charge in [-0.25, -0.2) is 4.79 Å². The molecule has 1 aliphatic carbocycles. The van der Waals surface area contributed by atoms with Gasteiger partial charge in [0.05, 0.1) is 0 Å². The molecule has 1 aliphatic rings. The molecule has 1 aromatic heterocycles. The first-order valence-electron chi connectivity index (χ1n) is 7.91. The van der Waals surface area contributed by atoms with Crippen molar-refractivity contribution >= 4 is 6.09 Å². The van der Waals surface area contributed by atoms with Crippen molar-refractivity contribution in [1.29, 1.82) is 0 Å². The van der Waals surface area contributed by atoms with Crippen LogP contribution in [0.15, 0.2) is 10.9 Å². The molecule has 0 aliphatic heterocycles. The summed E-state index contributed by atoms with van der Waals surface area (Å²) in [7, 11) is 0. The summed E-state index contributed by atoms with van der Waals surface area (Å²) in [6.07, 6.45) is 5.94. The fraction of sp³-hybridized carbons (Fsp3) is 0.800. The number of amides is 1. The number of ether oxygens (including phenoxy) is 1. The molecular formula is C15H26N4O3. The van der Waals surface area contributed by atoms with Crippen LogP contribution in [0.3, 0.4) is 0 Å². The third-order valence-corrected chi connectivity index (χ3v) is 3.57. The van der Waals surface area contributed by atoms with E-state index in [2.05, 4.69) is 20.8 Å². The number of alkyl carbamates (subject to hydrolysis) is 1. The van der Waals surface area contributed by atoms with Crippen molar-refractivity contribution < 1.29 is 14.1 Å². The topological polar surface area (TPSA) is 89.3 Å². The lowest BCUT2D eigenvalue weighted by molar-refractivity contribution is 0.0489. The number of carbonyl (C=O) groups excluding carboxylic acids is 1. The van der Waals surface area contributed by atoms with E-state index in [1.165, 1.54) is 6.33 Å². The Morgan fingerprint density at radius 2 is 2.18 bits per heavy atom. The summed E-state index contributed by atoms with van der Waals surface area (Å²) in [5.74, 6) is 0.645. The predicted molar refractivity (Wildman–Crippen MR) is 81.4 cm³/mol. The number of hydrogen-bond donors (Lipinski definition) is 2. The van der Waals surface area contributed by atoms with Gasteiger partial charge in [-0.2, -0.15) is 4.98 Å². The van der Waals surface area contributed by atoms with Crippen molar-refractivity contribution in [3.63, 3.8) is 0 Å². The Labute approximate surface area is 131 Å². The normalized spacial score (nSPS) is 22.3. The zero-order chi connectivity index (χ0) is 16.0. The number of hydrogen-bond acceptors (Lipinski definition) is 6. The van der Waals surface area contributed by atoms with E-state index < -0.39 is 5.60 Å². The number of aromatic nitrogens is 2. The first-order valence-corrected chi connectivity index (χ1v) is 7.91. The zero-order valence-corrected chi connectivity index (χ0v) is 13.6. The molecule has 1 amide bonds. The molecule has 2 unspecified atom stereocenters. The second-order valence-corrected chi connectivity index (χ2v) is 6.75. The molecule has 1 aromatic rings. The van der Waals surface area contributed by atoms with E-state index in [0.29, 0.717) is 11.9 Å². The third-order valence-electron chi connectivity index (χ3n) is 3.57. The van der Waals surface area contributed by atoms with Crippen molar-refractivity contribution in [3.05, 3.63) is 12.2 Å². The minimum atomic E-state index is -0.458. The van der Waals surface area contributed by atoms with Gasteiger partial charge in [0.2, 0.25) is 5.89 Å². The highest BCUT2D eigenvalue weighted by Crippen LogP contribution is 2.19. The molecule has 0 aromatic carbocycles. The summed E-state index contributed by atoms with van der Waals surface area (Å²) < 4.78 is 10.3. The number of nitrogens with one attached hydrogen (secondary N) is 2. The minimum absolute atomic E-state index is 0.171. The van der Waals surface area contributed by atoms with Crippen molar-refractivity contribution in [2.45, 2.75) is 70.6 Å². The predicted octanol–water partition coefficient (Wildman–Crippen LogP) is 2.04. The highest BCUT2D eigenvalue weighted by Gasteiger charge is 2.25. The van der Waals surface area contributed by atoms with Crippen LogP contribution in [0.1, 0.15) is 52.3 Å². The van der Waals surface area contributed by atoms with E-state index in [1.807, 2.05) is 20.8 Å². The van der Waals surface area contributed by atoms with Crippen LogP contribution in [-0.4, -0.2) is 40.5 Å². The van der Waals surface area contributed by atoms with E-state index in [9.17, 15) is 4.79 Å². The van der Waals surface area contributed by atoms with Gasteiger partial charge in [-0.05, 0) is 46.5 Å². The van der Waals surface area contributed by atoms with Crippen molar-refractivity contribution in [1.82, 2.24) is 20.8 Å². The van der Waals surface area contributed by atoms with Crippen LogP contribution < -0.4 is 10.6 Å². The van der Waals surface area contributed by atoms with E-state index in [4.69, 9.17) is 9.26 Å². The second-order valence-electron chi connectivity index (χ2n) is 6.75. The fourth-order valence-corrected chi connectivity index (χ4v) is 2.67. The fourth-order valence-electron chi connectivity index (χ4n) is 2.67. The maximum absolute atomic E-state index is 11.8. The van der Waals surface area contributed by atoms with Gasteiger partial charge >= 0.3 is 6.09 Å². The minimum Gasteiger partial charge on any atom is -0.444 e. The van der Waals surface area contributed by atoms with Crippen LogP contribution in [-0.2, 0) is 11.2 Å². The lowest BCUT2D eigenvalue weighted by Gasteiger charge is -2.31. The molecule has 0 bridgehead atoms. The molecule has 1 saturated carbocycles. The third kappa shape index (κ3) is 6.01. The van der Waals surface area contributed by atoms with Gasteiger partial charge < -0.3 is 19.9 Å². The van der Waals surface area contributed by atoms with Crippen LogP contribution >= 0.6 is 0 Å². The highest BCUT2D eigenvalue weighted by molar-refractivity contribution is 5.68. The standard InChI is InChI=1S/C15H26N4O3/c1-15(2,3)21-14(20)19-12-6-4-5-11(9-12)16-8-7-13-17-10-18-22-13/h10-12,16H,4-9H2,1-3H3,(H,19,20). The molecule has 0 saturated heterocycles. The van der Waals surface area contributed by atoms with Gasteiger partial charge in [-0.1, -0.05) is 5.16 Å². The summed E-state index contributed by atoms with van der Waals surface area (Å²) in [6.45, 7) is 6.41. The average molecular weight is 310 g/mol. The van der Waals surface area contributed by atoms with Gasteiger partial charge in [0.1, 0.15) is 5.60 Å². The van der Waals surface area contributed by atoms with Crippen molar-refractivity contribution in [2.24, 2.45) is 0 Å². The first kappa shape index (κ1) is 16.7. The second kappa shape index (κ2) is 7.58. The van der Waals surface area contributed by atoms with Crippen LogP contribution in [0.4, 0.5) is 4.79 Å². The van der Waals surface area contributed by atoms with Crippen LogP contribution in [0, 0.1) is 0 Å². The quantitative estimate of drug-likeness (QED) is 0.865. The van der Waals surface area contributed by atoms with Gasteiger partial charge in [0.25, 0.3) is 0 Å². The Kier molecular flexibility index (Phi) is 5.76. The lowest BCUT2D eigenvalue weighted by atomic mass is 9.91.